The number of primary amides is 1. The maximum absolute atomic E-state index is 11.3. The molecule has 0 aromatic carbocycles. The van der Waals surface area contributed by atoms with Crippen molar-refractivity contribution in [1.82, 2.24) is 4.90 Å². The van der Waals surface area contributed by atoms with E-state index in [1.54, 1.807) is 6.08 Å². The van der Waals surface area contributed by atoms with Crippen molar-refractivity contribution < 1.29 is 9.59 Å². The zero-order chi connectivity index (χ0) is 9.14. The Morgan fingerprint density at radius 3 is 2.92 bits per heavy atom. The number of nitrogens with zero attached hydrogens (tertiary/aromatic N) is 1. The van der Waals surface area contributed by atoms with Crippen LogP contribution in [0.4, 0.5) is 0 Å². The van der Waals surface area contributed by atoms with Crippen LogP contribution in [0.1, 0.15) is 6.42 Å². The monoisotopic (exact) mass is 168 g/mol. The van der Waals surface area contributed by atoms with E-state index in [-0.39, 0.29) is 18.4 Å². The van der Waals surface area contributed by atoms with Crippen LogP contribution in [0.3, 0.4) is 0 Å². The molecule has 4 heteroatoms. The van der Waals surface area contributed by atoms with E-state index in [2.05, 4.69) is 6.58 Å². The second-order valence-corrected chi connectivity index (χ2v) is 2.86. The third-order valence-electron chi connectivity index (χ3n) is 1.97. The van der Waals surface area contributed by atoms with Crippen LogP contribution in [-0.2, 0) is 9.59 Å². The topological polar surface area (TPSA) is 63.4 Å². The van der Waals surface area contributed by atoms with E-state index in [0.29, 0.717) is 6.54 Å². The molecular formula is C8H12N2O2. The molecule has 4 nitrogen and oxygen atoms in total. The molecule has 1 heterocycles. The summed E-state index contributed by atoms with van der Waals surface area (Å²) in [4.78, 5) is 23.3. The summed E-state index contributed by atoms with van der Waals surface area (Å²) in [6.07, 6.45) is 2.36. The van der Waals surface area contributed by atoms with Gasteiger partial charge >= 0.3 is 0 Å². The van der Waals surface area contributed by atoms with Crippen molar-refractivity contribution >= 4 is 11.8 Å². The van der Waals surface area contributed by atoms with Gasteiger partial charge in [0, 0.05) is 6.54 Å². The molecule has 2 N–H and O–H groups in total. The van der Waals surface area contributed by atoms with Crippen LogP contribution in [0.25, 0.3) is 0 Å². The molecule has 0 aliphatic carbocycles. The first-order chi connectivity index (χ1) is 5.65. The summed E-state index contributed by atoms with van der Waals surface area (Å²) in [6.45, 7) is 4.18. The molecule has 1 unspecified atom stereocenters. The lowest BCUT2D eigenvalue weighted by molar-refractivity contribution is -0.133. The maximum Gasteiger partial charge on any atom is 0.237 e. The fourth-order valence-electron chi connectivity index (χ4n) is 1.33. The van der Waals surface area contributed by atoms with Gasteiger partial charge in [-0.05, 0) is 6.42 Å². The Morgan fingerprint density at radius 2 is 2.50 bits per heavy atom. The summed E-state index contributed by atoms with van der Waals surface area (Å²) in [6, 6.07) is 0. The number of amides is 2. The van der Waals surface area contributed by atoms with Gasteiger partial charge in [0.1, 0.15) is 0 Å². The molecule has 1 atom stereocenters. The standard InChI is InChI=1S/C8H12N2O2/c1-2-6-3-4-10(8(6)12)5-7(9)11/h2,6H,1,3-5H2,(H2,9,11). The zero-order valence-electron chi connectivity index (χ0n) is 6.82. The smallest absolute Gasteiger partial charge is 0.237 e. The first-order valence-electron chi connectivity index (χ1n) is 3.85. The SMILES string of the molecule is C=CC1CCN(CC(N)=O)C1=O. The molecule has 0 radical (unpaired) electrons. The van der Waals surface area contributed by atoms with E-state index < -0.39 is 5.91 Å². The Kier molecular flexibility index (Phi) is 2.47. The number of carbonyl (C=O) groups is 2. The predicted octanol–water partition coefficient (Wildman–Crippen LogP) is -0.494. The van der Waals surface area contributed by atoms with Gasteiger partial charge in [0.05, 0.1) is 12.5 Å². The molecule has 0 bridgehead atoms. The molecular weight excluding hydrogens is 156 g/mol. The fraction of sp³-hybridized carbons (Fsp3) is 0.500. The number of hydrogen-bond donors (Lipinski definition) is 1. The summed E-state index contributed by atoms with van der Waals surface area (Å²) in [5.41, 5.74) is 4.96. The number of hydrogen-bond acceptors (Lipinski definition) is 2. The van der Waals surface area contributed by atoms with Crippen LogP contribution >= 0.6 is 0 Å². The highest BCUT2D eigenvalue weighted by molar-refractivity contribution is 5.87. The molecule has 0 aromatic heterocycles. The normalized spacial score (nSPS) is 22.8. The summed E-state index contributed by atoms with van der Waals surface area (Å²) in [5.74, 6) is -0.624. The van der Waals surface area contributed by atoms with Gasteiger partial charge in [0.25, 0.3) is 0 Å². The van der Waals surface area contributed by atoms with Gasteiger partial charge in [-0.25, -0.2) is 0 Å². The van der Waals surface area contributed by atoms with E-state index in [1.807, 2.05) is 0 Å². The molecule has 2 amide bonds. The van der Waals surface area contributed by atoms with Crippen LogP contribution in [0, 0.1) is 5.92 Å². The number of carbonyl (C=O) groups excluding carboxylic acids is 2. The van der Waals surface area contributed by atoms with Crippen LogP contribution in [0.2, 0.25) is 0 Å². The van der Waals surface area contributed by atoms with Crippen molar-refractivity contribution in [3.8, 4) is 0 Å². The highest BCUT2D eigenvalue weighted by Crippen LogP contribution is 2.17. The van der Waals surface area contributed by atoms with Gasteiger partial charge in [0.15, 0.2) is 0 Å². The first kappa shape index (κ1) is 8.77. The van der Waals surface area contributed by atoms with Gasteiger partial charge in [-0.3, -0.25) is 9.59 Å². The first-order valence-corrected chi connectivity index (χ1v) is 3.85. The minimum atomic E-state index is -0.465. The number of nitrogens with two attached hydrogens (primary N) is 1. The van der Waals surface area contributed by atoms with Gasteiger partial charge in [0.2, 0.25) is 11.8 Å². The molecule has 0 aromatic rings. The van der Waals surface area contributed by atoms with E-state index >= 15 is 0 Å². The lowest BCUT2D eigenvalue weighted by Gasteiger charge is -2.12. The van der Waals surface area contributed by atoms with Crippen molar-refractivity contribution in [2.75, 3.05) is 13.1 Å². The quantitative estimate of drug-likeness (QED) is 0.578. The van der Waals surface area contributed by atoms with Crippen molar-refractivity contribution in [1.29, 1.82) is 0 Å². The van der Waals surface area contributed by atoms with Crippen LogP contribution in [0.15, 0.2) is 12.7 Å². The number of likely N-dealkylation sites (tertiary alicyclic amines) is 1. The van der Waals surface area contributed by atoms with E-state index in [4.69, 9.17) is 5.73 Å². The molecule has 0 saturated carbocycles. The van der Waals surface area contributed by atoms with Crippen LogP contribution in [0.5, 0.6) is 0 Å². The van der Waals surface area contributed by atoms with E-state index in [0.717, 1.165) is 6.42 Å². The summed E-state index contributed by atoms with van der Waals surface area (Å²) < 4.78 is 0. The minimum Gasteiger partial charge on any atom is -0.368 e. The Labute approximate surface area is 71.0 Å². The van der Waals surface area contributed by atoms with E-state index in [1.165, 1.54) is 4.90 Å². The predicted molar refractivity (Wildman–Crippen MR) is 44.1 cm³/mol. The highest BCUT2D eigenvalue weighted by Gasteiger charge is 2.29. The molecule has 1 saturated heterocycles. The molecule has 1 aliphatic heterocycles. The number of rotatable bonds is 3. The lowest BCUT2D eigenvalue weighted by atomic mass is 10.1. The Morgan fingerprint density at radius 1 is 1.83 bits per heavy atom. The van der Waals surface area contributed by atoms with Crippen molar-refractivity contribution in [3.63, 3.8) is 0 Å². The average Bonchev–Trinajstić information content (AvgIpc) is 2.32. The molecule has 1 fully saturated rings. The van der Waals surface area contributed by atoms with Gasteiger partial charge in [-0.2, -0.15) is 0 Å². The average molecular weight is 168 g/mol. The summed E-state index contributed by atoms with van der Waals surface area (Å²) in [7, 11) is 0. The largest absolute Gasteiger partial charge is 0.368 e. The van der Waals surface area contributed by atoms with Crippen LogP contribution in [-0.4, -0.2) is 29.8 Å². The van der Waals surface area contributed by atoms with Gasteiger partial charge < -0.3 is 10.6 Å². The Hall–Kier alpha value is -1.32. The molecule has 12 heavy (non-hydrogen) atoms. The second kappa shape index (κ2) is 3.38. The van der Waals surface area contributed by atoms with Gasteiger partial charge in [-0.15, -0.1) is 6.58 Å². The molecule has 66 valence electrons. The fourth-order valence-corrected chi connectivity index (χ4v) is 1.33. The van der Waals surface area contributed by atoms with Crippen molar-refractivity contribution in [2.24, 2.45) is 11.7 Å². The summed E-state index contributed by atoms with van der Waals surface area (Å²) >= 11 is 0. The Balaban J connectivity index is 2.54. The molecule has 1 aliphatic rings. The van der Waals surface area contributed by atoms with Crippen molar-refractivity contribution in [3.05, 3.63) is 12.7 Å². The second-order valence-electron chi connectivity index (χ2n) is 2.86. The highest BCUT2D eigenvalue weighted by atomic mass is 16.2. The molecule has 0 spiro atoms. The van der Waals surface area contributed by atoms with Crippen LogP contribution < -0.4 is 5.73 Å². The lowest BCUT2D eigenvalue weighted by Crippen LogP contribution is -2.35. The third kappa shape index (κ3) is 1.64. The zero-order valence-corrected chi connectivity index (χ0v) is 6.82. The summed E-state index contributed by atoms with van der Waals surface area (Å²) in [5, 5.41) is 0. The van der Waals surface area contributed by atoms with Crippen molar-refractivity contribution in [2.45, 2.75) is 6.42 Å². The van der Waals surface area contributed by atoms with Gasteiger partial charge in [-0.1, -0.05) is 6.08 Å². The Bertz CT molecular complexity index is 225. The maximum atomic E-state index is 11.3. The minimum absolute atomic E-state index is 0.0309. The third-order valence-corrected chi connectivity index (χ3v) is 1.97. The molecule has 1 rings (SSSR count). The van der Waals surface area contributed by atoms with E-state index in [9.17, 15) is 9.59 Å².